The third kappa shape index (κ3) is 1.51. The van der Waals surface area contributed by atoms with E-state index in [2.05, 4.69) is 23.2 Å². The zero-order valence-electron chi connectivity index (χ0n) is 8.56. The van der Waals surface area contributed by atoms with Gasteiger partial charge in [0.2, 0.25) is 0 Å². The lowest BCUT2D eigenvalue weighted by molar-refractivity contribution is 0.620. The average Bonchev–Trinajstić information content (AvgIpc) is 3.11. The summed E-state index contributed by atoms with van der Waals surface area (Å²) < 4.78 is 0. The molecule has 0 aliphatic heterocycles. The molecule has 0 bridgehead atoms. The van der Waals surface area contributed by atoms with Crippen molar-refractivity contribution in [3.05, 3.63) is 42.2 Å². The van der Waals surface area contributed by atoms with Crippen LogP contribution in [0.4, 0.5) is 0 Å². The van der Waals surface area contributed by atoms with Crippen LogP contribution in [0.5, 0.6) is 0 Å². The maximum Gasteiger partial charge on any atom is 0.0651 e. The average molecular weight is 198 g/mol. The molecule has 1 heterocycles. The van der Waals surface area contributed by atoms with Gasteiger partial charge in [-0.1, -0.05) is 24.3 Å². The number of hydrogen-bond acceptors (Lipinski definition) is 2. The fourth-order valence-electron chi connectivity index (χ4n) is 2.09. The van der Waals surface area contributed by atoms with Crippen LogP contribution in [0.15, 0.2) is 36.5 Å². The molecule has 15 heavy (non-hydrogen) atoms. The Balaban J connectivity index is 2.16. The number of aromatic nitrogens is 1. The summed E-state index contributed by atoms with van der Waals surface area (Å²) in [4.78, 5) is 4.44. The predicted molar refractivity (Wildman–Crippen MR) is 61.4 cm³/mol. The fraction of sp³-hybridized carbons (Fsp3) is 0.308. The van der Waals surface area contributed by atoms with Gasteiger partial charge in [0, 0.05) is 11.6 Å². The maximum absolute atomic E-state index is 6.20. The van der Waals surface area contributed by atoms with E-state index < -0.39 is 0 Å². The van der Waals surface area contributed by atoms with Crippen LogP contribution in [-0.4, -0.2) is 4.98 Å². The smallest absolute Gasteiger partial charge is 0.0651 e. The molecule has 1 aliphatic carbocycles. The van der Waals surface area contributed by atoms with Crippen molar-refractivity contribution in [2.75, 3.05) is 0 Å². The lowest BCUT2D eigenvalue weighted by Gasteiger charge is -2.12. The second-order valence-electron chi connectivity index (χ2n) is 4.28. The van der Waals surface area contributed by atoms with Gasteiger partial charge >= 0.3 is 0 Å². The van der Waals surface area contributed by atoms with Crippen LogP contribution in [0.2, 0.25) is 0 Å². The summed E-state index contributed by atoms with van der Waals surface area (Å²) in [6, 6.07) is 10.5. The zero-order valence-corrected chi connectivity index (χ0v) is 8.56. The standard InChI is InChI=1S/C13H14N2/c14-12(10-5-6-10)13-11-4-2-1-3-9(11)7-8-15-13/h1-4,7-8,10,12H,5-6,14H2. The molecule has 2 N–H and O–H groups in total. The minimum absolute atomic E-state index is 0.121. The summed E-state index contributed by atoms with van der Waals surface area (Å²) in [5, 5.41) is 2.44. The van der Waals surface area contributed by atoms with Crippen molar-refractivity contribution in [1.82, 2.24) is 4.98 Å². The zero-order chi connectivity index (χ0) is 10.3. The molecule has 0 saturated heterocycles. The minimum atomic E-state index is 0.121. The molecule has 2 nitrogen and oxygen atoms in total. The van der Waals surface area contributed by atoms with E-state index in [-0.39, 0.29) is 6.04 Å². The van der Waals surface area contributed by atoms with E-state index in [1.54, 1.807) is 0 Å². The van der Waals surface area contributed by atoms with Gasteiger partial charge in [-0.05, 0) is 30.2 Å². The molecule has 0 amide bonds. The number of nitrogens with two attached hydrogens (primary N) is 1. The fourth-order valence-corrected chi connectivity index (χ4v) is 2.09. The predicted octanol–water partition coefficient (Wildman–Crippen LogP) is 2.64. The first kappa shape index (κ1) is 8.86. The first-order valence-corrected chi connectivity index (χ1v) is 5.45. The highest BCUT2D eigenvalue weighted by Gasteiger charge is 2.31. The van der Waals surface area contributed by atoms with E-state index in [4.69, 9.17) is 5.73 Å². The molecule has 1 aliphatic rings. The highest BCUT2D eigenvalue weighted by Crippen LogP contribution is 2.40. The van der Waals surface area contributed by atoms with Crippen molar-refractivity contribution >= 4 is 10.8 Å². The van der Waals surface area contributed by atoms with Crippen molar-refractivity contribution in [3.8, 4) is 0 Å². The summed E-state index contributed by atoms with van der Waals surface area (Å²) in [6.07, 6.45) is 4.37. The normalized spacial score (nSPS) is 17.9. The van der Waals surface area contributed by atoms with Crippen LogP contribution in [-0.2, 0) is 0 Å². The van der Waals surface area contributed by atoms with E-state index in [0.29, 0.717) is 5.92 Å². The van der Waals surface area contributed by atoms with Crippen LogP contribution in [0, 0.1) is 5.92 Å². The van der Waals surface area contributed by atoms with Crippen molar-refractivity contribution in [3.63, 3.8) is 0 Å². The van der Waals surface area contributed by atoms with Gasteiger partial charge in [-0.3, -0.25) is 4.98 Å². The third-order valence-corrected chi connectivity index (χ3v) is 3.15. The van der Waals surface area contributed by atoms with Crippen molar-refractivity contribution in [1.29, 1.82) is 0 Å². The Morgan fingerprint density at radius 3 is 2.80 bits per heavy atom. The van der Waals surface area contributed by atoms with E-state index in [1.807, 2.05) is 18.3 Å². The van der Waals surface area contributed by atoms with Gasteiger partial charge in [-0.15, -0.1) is 0 Å². The van der Waals surface area contributed by atoms with Crippen LogP contribution >= 0.6 is 0 Å². The Hall–Kier alpha value is -1.41. The van der Waals surface area contributed by atoms with E-state index >= 15 is 0 Å². The van der Waals surface area contributed by atoms with Gasteiger partial charge in [0.25, 0.3) is 0 Å². The molecule has 1 saturated carbocycles. The molecule has 76 valence electrons. The molecular formula is C13H14N2. The number of fused-ring (bicyclic) bond motifs is 1. The summed E-state index contributed by atoms with van der Waals surface area (Å²) in [7, 11) is 0. The number of nitrogens with zero attached hydrogens (tertiary/aromatic N) is 1. The number of hydrogen-bond donors (Lipinski definition) is 1. The summed E-state index contributed by atoms with van der Waals surface area (Å²) in [5.74, 6) is 0.656. The topological polar surface area (TPSA) is 38.9 Å². The Morgan fingerprint density at radius 1 is 1.20 bits per heavy atom. The molecule has 2 heteroatoms. The van der Waals surface area contributed by atoms with Crippen LogP contribution in [0.25, 0.3) is 10.8 Å². The van der Waals surface area contributed by atoms with Crippen LogP contribution in [0.3, 0.4) is 0 Å². The molecular weight excluding hydrogens is 184 g/mol. The SMILES string of the molecule is NC(c1nccc2ccccc12)C1CC1. The Labute approximate surface area is 89.1 Å². The van der Waals surface area contributed by atoms with Gasteiger partial charge in [0.05, 0.1) is 11.7 Å². The highest BCUT2D eigenvalue weighted by molar-refractivity contribution is 5.84. The van der Waals surface area contributed by atoms with Crippen molar-refractivity contribution in [2.45, 2.75) is 18.9 Å². The molecule has 1 unspecified atom stereocenters. The van der Waals surface area contributed by atoms with Crippen molar-refractivity contribution < 1.29 is 0 Å². The first-order chi connectivity index (χ1) is 7.36. The monoisotopic (exact) mass is 198 g/mol. The Bertz CT molecular complexity index is 483. The van der Waals surface area contributed by atoms with Gasteiger partial charge in [0.1, 0.15) is 0 Å². The van der Waals surface area contributed by atoms with E-state index in [9.17, 15) is 0 Å². The number of benzene rings is 1. The summed E-state index contributed by atoms with van der Waals surface area (Å²) in [6.45, 7) is 0. The maximum atomic E-state index is 6.20. The van der Waals surface area contributed by atoms with E-state index in [0.717, 1.165) is 5.69 Å². The van der Waals surface area contributed by atoms with Gasteiger partial charge < -0.3 is 5.73 Å². The third-order valence-electron chi connectivity index (χ3n) is 3.15. The quantitative estimate of drug-likeness (QED) is 0.805. The Kier molecular flexibility index (Phi) is 1.96. The number of pyridine rings is 1. The number of rotatable bonds is 2. The minimum Gasteiger partial charge on any atom is -0.322 e. The summed E-state index contributed by atoms with van der Waals surface area (Å²) >= 11 is 0. The van der Waals surface area contributed by atoms with E-state index in [1.165, 1.54) is 23.6 Å². The largest absolute Gasteiger partial charge is 0.322 e. The van der Waals surface area contributed by atoms with Crippen LogP contribution < -0.4 is 5.73 Å². The molecule has 2 aromatic rings. The Morgan fingerprint density at radius 2 is 2.00 bits per heavy atom. The van der Waals surface area contributed by atoms with Gasteiger partial charge in [-0.25, -0.2) is 0 Å². The second-order valence-corrected chi connectivity index (χ2v) is 4.28. The second kappa shape index (κ2) is 3.31. The van der Waals surface area contributed by atoms with Crippen molar-refractivity contribution in [2.24, 2.45) is 11.7 Å². The molecule has 0 spiro atoms. The molecule has 1 aromatic heterocycles. The molecule has 1 fully saturated rings. The lowest BCUT2D eigenvalue weighted by Crippen LogP contribution is -2.14. The summed E-state index contributed by atoms with van der Waals surface area (Å²) in [5.41, 5.74) is 7.27. The molecule has 3 rings (SSSR count). The van der Waals surface area contributed by atoms with Gasteiger partial charge in [-0.2, -0.15) is 0 Å². The first-order valence-electron chi connectivity index (χ1n) is 5.45. The van der Waals surface area contributed by atoms with Crippen LogP contribution in [0.1, 0.15) is 24.6 Å². The highest BCUT2D eigenvalue weighted by atomic mass is 14.8. The molecule has 0 radical (unpaired) electrons. The molecule has 1 atom stereocenters. The molecule has 1 aromatic carbocycles. The lowest BCUT2D eigenvalue weighted by atomic mass is 10.0. The van der Waals surface area contributed by atoms with Gasteiger partial charge in [0.15, 0.2) is 0 Å².